The molecule has 10 rings (SSSR count). The molecule has 0 radical (unpaired) electrons. The number of likely N-dealkylation sites (tertiary alicyclic amines) is 1. The smallest absolute Gasteiger partial charge is 0.305 e. The lowest BCUT2D eigenvalue weighted by molar-refractivity contribution is -0.249. The Balaban J connectivity index is 0.748. The summed E-state index contributed by atoms with van der Waals surface area (Å²) in [6.45, 7) is 2.61. The molecule has 4 aromatic carbocycles. The monoisotopic (exact) mass is 1570 g/mol. The standard InChI is InChI=1S/C79H99N9O25/c1-37(2)27-51(74(104)83-50-29-61(112-39(4)67(50)97)113-56-31-79(109,57(93)35-91)30-47-63(56)71(101)65-64(69(47)99)68(98)46-21-13-22-55(110-5)62(46)70(65)100)84-75(105)52(33-89)86-73(103)49(25-26-58(80)94)82-78(108)66(40-15-7-6-8-16-40)87-76(106)53(34-90)85-72(102)38(3)81-77(107)54-28-41(92)32-88(54)59(95)23-14-24-60(96)111-36-48-44-19-11-9-17-42(44)43-18-10-12-20-45(43)48/h9-13,17-22,37-41,48-54,56,61,66-67,89-92,97,99,101,109H,6-8,14-16,23-36H2,1-5H3,(H2,80,94)(H,81,107)(H,82,108)(H,83,104)(H,84,105)(H,85,102)(H,86,103)(H,87,106)/t38-,39-,41+,49-,50-,51-,52-,53-,54-,56-,61+,66-,67+,79-/m0/s1. The van der Waals surface area contributed by atoms with Crippen molar-refractivity contribution in [3.63, 3.8) is 0 Å². The third-order valence-electron chi connectivity index (χ3n) is 21.9. The number of aliphatic hydroxyl groups excluding tert-OH is 5. The molecule has 0 unspecified atom stereocenters. The van der Waals surface area contributed by atoms with Gasteiger partial charge >= 0.3 is 5.97 Å². The Kier molecular flexibility index (Phi) is 27.9. The van der Waals surface area contributed by atoms with Crippen molar-refractivity contribution in [1.29, 1.82) is 0 Å². The molecule has 2 heterocycles. The molecule has 6 aliphatic rings. The van der Waals surface area contributed by atoms with Crippen molar-refractivity contribution in [3.05, 3.63) is 111 Å². The molecule has 0 spiro atoms. The number of nitrogens with one attached hydrogen (secondary N) is 7. The van der Waals surface area contributed by atoms with E-state index in [0.717, 1.165) is 33.6 Å². The molecule has 2 saturated heterocycles. The number of Topliss-reactive ketones (excluding diaryl/α,β-unsaturated/α-hetero) is 1. The number of benzene rings is 4. The molecule has 14 atom stereocenters. The Morgan fingerprint density at radius 3 is 1.90 bits per heavy atom. The summed E-state index contributed by atoms with van der Waals surface area (Å²) in [5.41, 5.74) is 4.79. The third kappa shape index (κ3) is 19.1. The van der Waals surface area contributed by atoms with Crippen LogP contribution >= 0.6 is 0 Å². The van der Waals surface area contributed by atoms with Gasteiger partial charge < -0.3 is 108 Å². The van der Waals surface area contributed by atoms with Crippen molar-refractivity contribution in [3.8, 4) is 28.4 Å². The maximum absolute atomic E-state index is 14.6. The maximum atomic E-state index is 14.6. The number of ketones is 3. The van der Waals surface area contributed by atoms with Gasteiger partial charge in [-0.2, -0.15) is 0 Å². The van der Waals surface area contributed by atoms with Gasteiger partial charge in [0.15, 0.2) is 17.9 Å². The van der Waals surface area contributed by atoms with Crippen LogP contribution in [0.15, 0.2) is 66.7 Å². The first-order chi connectivity index (χ1) is 53.8. The van der Waals surface area contributed by atoms with Crippen LogP contribution in [0.25, 0.3) is 11.1 Å². The Labute approximate surface area is 649 Å². The number of hydrogen-bond donors (Lipinski definition) is 16. The number of carbonyl (C=O) groups is 13. The van der Waals surface area contributed by atoms with E-state index in [0.29, 0.717) is 25.7 Å². The van der Waals surface area contributed by atoms with Crippen LogP contribution in [0.5, 0.6) is 17.2 Å². The first-order valence-electron chi connectivity index (χ1n) is 38.0. The molecule has 34 heteroatoms. The van der Waals surface area contributed by atoms with Crippen molar-refractivity contribution >= 4 is 76.5 Å². The van der Waals surface area contributed by atoms with Crippen molar-refractivity contribution in [2.24, 2.45) is 17.6 Å². The van der Waals surface area contributed by atoms with Crippen molar-refractivity contribution in [2.75, 3.05) is 40.1 Å². The van der Waals surface area contributed by atoms with Gasteiger partial charge in [0.05, 0.1) is 61.4 Å². The second-order valence-electron chi connectivity index (χ2n) is 30.2. The third-order valence-corrected chi connectivity index (χ3v) is 21.9. The second-order valence-corrected chi connectivity index (χ2v) is 30.2. The number of esters is 1. The first kappa shape index (κ1) is 85.1. The van der Waals surface area contributed by atoms with Crippen LogP contribution in [0.2, 0.25) is 0 Å². The van der Waals surface area contributed by atoms with E-state index in [1.807, 2.05) is 48.5 Å². The summed E-state index contributed by atoms with van der Waals surface area (Å²) in [5.74, 6) is -14.9. The molecule has 34 nitrogen and oxygen atoms in total. The van der Waals surface area contributed by atoms with Crippen LogP contribution < -0.4 is 47.7 Å². The quantitative estimate of drug-likeness (QED) is 0.0185. The number of β-amino-alcohol motifs (C(OH)–C–C–N with tert-alkyl or cyclic N) is 1. The highest BCUT2D eigenvalue weighted by Gasteiger charge is 2.52. The fraction of sp³-hybridized carbons (Fsp3) is 0.532. The molecule has 9 amide bonds. The van der Waals surface area contributed by atoms with Crippen molar-refractivity contribution in [1.82, 2.24) is 42.1 Å². The Bertz CT molecular complexity index is 4270. The van der Waals surface area contributed by atoms with E-state index in [1.54, 1.807) is 13.8 Å². The number of amides is 9. The molecule has 113 heavy (non-hydrogen) atoms. The fourth-order valence-electron chi connectivity index (χ4n) is 15.9. The number of rotatable bonds is 33. The topological polar surface area (TPSA) is 534 Å². The SMILES string of the molecule is COc1cccc2c1C(=O)c1c(O)c3c(c(O)c1C2=O)C[C@@](O)(C(=O)CO)C[C@@H]3O[C@@H]1C[C@H](NC(=O)[C@H](CC(C)C)NC(=O)[C@H](CO)NC(=O)[C@H](CCC(N)=O)NC(=O)[C@@H](NC(=O)[C@H](CO)NC(=O)[C@H](C)NC(=O)[C@@H]2C[C@@H](O)CN2C(=O)CCCC(=O)OCC2c3ccccc3-c3ccccc32)C2CCCCC2)[C@H](O)[C@H](C)O1. The fourth-order valence-corrected chi connectivity index (χ4v) is 15.9. The van der Waals surface area contributed by atoms with E-state index in [1.165, 1.54) is 39.2 Å². The maximum Gasteiger partial charge on any atom is 0.305 e. The average Bonchev–Trinajstić information content (AvgIpc) is 1.11. The van der Waals surface area contributed by atoms with Crippen molar-refractivity contribution < 1.29 is 122 Å². The second kappa shape index (κ2) is 37.1. The minimum absolute atomic E-state index is 0.0273. The Morgan fingerprint density at radius 2 is 1.27 bits per heavy atom. The molecule has 1 saturated carbocycles. The lowest BCUT2D eigenvalue weighted by Crippen LogP contribution is -2.62. The highest BCUT2D eigenvalue weighted by Crippen LogP contribution is 2.53. The zero-order valence-corrected chi connectivity index (χ0v) is 63.3. The van der Waals surface area contributed by atoms with Crippen LogP contribution in [0.4, 0.5) is 0 Å². The summed E-state index contributed by atoms with van der Waals surface area (Å²) in [7, 11) is 1.25. The van der Waals surface area contributed by atoms with Crippen LogP contribution in [-0.4, -0.2) is 241 Å². The molecular weight excluding hydrogens is 1470 g/mol. The molecule has 4 aromatic rings. The van der Waals surface area contributed by atoms with Crippen LogP contribution in [0.1, 0.15) is 184 Å². The predicted octanol–water partition coefficient (Wildman–Crippen LogP) is -0.548. The number of nitrogens with zero attached hydrogens (tertiary/aromatic N) is 1. The number of phenolic OH excluding ortho intramolecular Hbond substituents is 2. The van der Waals surface area contributed by atoms with Gasteiger partial charge in [-0.3, -0.25) is 62.3 Å². The van der Waals surface area contributed by atoms with Crippen LogP contribution in [-0.2, 0) is 73.4 Å². The van der Waals surface area contributed by atoms with Gasteiger partial charge in [0.25, 0.3) is 0 Å². The average molecular weight is 1570 g/mol. The Hall–Kier alpha value is -10.3. The predicted molar refractivity (Wildman–Crippen MR) is 396 cm³/mol. The normalized spacial score (nSPS) is 22.7. The van der Waals surface area contributed by atoms with Gasteiger partial charge in [-0.05, 0) is 86.1 Å². The minimum Gasteiger partial charge on any atom is -0.507 e. The number of phenols is 2. The van der Waals surface area contributed by atoms with E-state index in [9.17, 15) is 103 Å². The van der Waals surface area contributed by atoms with E-state index >= 15 is 0 Å². The number of aromatic hydroxyl groups is 2. The number of methoxy groups -OCH3 is 1. The zero-order chi connectivity index (χ0) is 82.0. The molecule has 610 valence electrons. The zero-order valence-electron chi connectivity index (χ0n) is 63.3. The van der Waals surface area contributed by atoms with E-state index < -0.39 is 242 Å². The van der Waals surface area contributed by atoms with Gasteiger partial charge in [0, 0.05) is 74.1 Å². The molecule has 0 aromatic heterocycles. The van der Waals surface area contributed by atoms with Gasteiger partial charge in [-0.15, -0.1) is 0 Å². The van der Waals surface area contributed by atoms with Gasteiger partial charge in [0.1, 0.15) is 84.5 Å². The number of fused-ring (bicyclic) bond motifs is 6. The number of aliphatic hydroxyl groups is 6. The molecule has 0 bridgehead atoms. The molecular formula is C79H99N9O25. The van der Waals surface area contributed by atoms with Crippen LogP contribution in [0.3, 0.4) is 0 Å². The first-order valence-corrected chi connectivity index (χ1v) is 38.0. The summed E-state index contributed by atoms with van der Waals surface area (Å²) in [4.78, 5) is 181. The van der Waals surface area contributed by atoms with Crippen LogP contribution in [0, 0.1) is 11.8 Å². The van der Waals surface area contributed by atoms with Gasteiger partial charge in [-0.25, -0.2) is 0 Å². The summed E-state index contributed by atoms with van der Waals surface area (Å²) < 4.78 is 23.4. The largest absolute Gasteiger partial charge is 0.507 e. The highest BCUT2D eigenvalue weighted by atomic mass is 16.7. The van der Waals surface area contributed by atoms with Gasteiger partial charge in [-0.1, -0.05) is 93.8 Å². The summed E-state index contributed by atoms with van der Waals surface area (Å²) in [6.07, 6.45) is -7.73. The van der Waals surface area contributed by atoms with E-state index in [2.05, 4.69) is 37.2 Å². The number of hydrogen-bond acceptors (Lipinski definition) is 25. The molecule has 2 aliphatic heterocycles. The van der Waals surface area contributed by atoms with E-state index in [-0.39, 0.29) is 85.1 Å². The highest BCUT2D eigenvalue weighted by molar-refractivity contribution is 6.31. The minimum atomic E-state index is -2.52. The van der Waals surface area contributed by atoms with Crippen molar-refractivity contribution in [2.45, 2.75) is 215 Å². The summed E-state index contributed by atoms with van der Waals surface area (Å²) >= 11 is 0. The van der Waals surface area contributed by atoms with Gasteiger partial charge in [0.2, 0.25) is 58.9 Å². The lowest BCUT2D eigenvalue weighted by atomic mass is 9.72. The number of ether oxygens (including phenoxy) is 4. The number of primary amides is 1. The summed E-state index contributed by atoms with van der Waals surface area (Å²) in [5, 5.41) is 107. The summed E-state index contributed by atoms with van der Waals surface area (Å²) in [6, 6.07) is 7.63. The number of carbonyl (C=O) groups excluding carboxylic acids is 13. The number of nitrogens with two attached hydrogens (primary N) is 1. The molecule has 4 aliphatic carbocycles. The lowest BCUT2D eigenvalue weighted by Gasteiger charge is -2.43. The molecule has 3 fully saturated rings. The van der Waals surface area contributed by atoms with E-state index in [4.69, 9.17) is 24.7 Å². The molecule has 17 N–H and O–H groups in total. The Morgan fingerprint density at radius 1 is 0.673 bits per heavy atom.